The van der Waals surface area contributed by atoms with Gasteiger partial charge < -0.3 is 20.3 Å². The van der Waals surface area contributed by atoms with Gasteiger partial charge in [0.25, 0.3) is 0 Å². The Bertz CT molecular complexity index is 599. The van der Waals surface area contributed by atoms with Gasteiger partial charge in [-0.05, 0) is 43.6 Å². The largest absolute Gasteiger partial charge is 0.497 e. The van der Waals surface area contributed by atoms with Crippen LogP contribution in [0.2, 0.25) is 0 Å². The number of nitrogens with zero attached hydrogens (tertiary/aromatic N) is 2. The maximum atomic E-state index is 13.2. The molecule has 0 aliphatic carbocycles. The minimum Gasteiger partial charge on any atom is -0.497 e. The molecule has 1 aliphatic heterocycles. The lowest BCUT2D eigenvalue weighted by atomic mass is 10.1. The predicted molar refractivity (Wildman–Crippen MR) is 96.5 cm³/mol. The normalized spacial score (nSPS) is 16.4. The number of likely N-dealkylation sites (tertiary alicyclic amines) is 1. The first-order chi connectivity index (χ1) is 12.4. The number of alkyl halides is 3. The topological polar surface area (TPSA) is 48.9 Å². The van der Waals surface area contributed by atoms with E-state index in [1.807, 2.05) is 0 Å². The SMILES string of the molecule is CN=C(NCCN1CCCCC1)NCc1ccc(OC)cc1C(F)(F)F. The second-order valence-corrected chi connectivity index (χ2v) is 6.28. The second kappa shape index (κ2) is 9.66. The number of nitrogens with one attached hydrogen (secondary N) is 2. The van der Waals surface area contributed by atoms with Gasteiger partial charge in [-0.2, -0.15) is 13.2 Å². The maximum absolute atomic E-state index is 13.2. The molecule has 0 bridgehead atoms. The molecule has 1 saturated heterocycles. The standard InChI is InChI=1S/C18H27F3N4O/c1-22-17(23-8-11-25-9-4-3-5-10-25)24-13-14-6-7-15(26-2)12-16(14)18(19,20)21/h6-7,12H,3-5,8-11,13H2,1-2H3,(H2,22,23,24). The van der Waals surface area contributed by atoms with Crippen molar-refractivity contribution in [2.75, 3.05) is 40.3 Å². The van der Waals surface area contributed by atoms with Crippen LogP contribution in [0.25, 0.3) is 0 Å². The van der Waals surface area contributed by atoms with Crippen molar-refractivity contribution in [3.05, 3.63) is 29.3 Å². The van der Waals surface area contributed by atoms with Crippen LogP contribution < -0.4 is 15.4 Å². The Kier molecular flexibility index (Phi) is 7.56. The third-order valence-electron chi connectivity index (χ3n) is 4.46. The summed E-state index contributed by atoms with van der Waals surface area (Å²) in [6.45, 7) is 3.84. The van der Waals surface area contributed by atoms with Gasteiger partial charge in [-0.1, -0.05) is 12.5 Å². The summed E-state index contributed by atoms with van der Waals surface area (Å²) >= 11 is 0. The Morgan fingerprint density at radius 1 is 1.19 bits per heavy atom. The third-order valence-corrected chi connectivity index (χ3v) is 4.46. The number of benzene rings is 1. The fourth-order valence-electron chi connectivity index (χ4n) is 3.02. The van der Waals surface area contributed by atoms with E-state index in [1.54, 1.807) is 7.05 Å². The van der Waals surface area contributed by atoms with Crippen molar-refractivity contribution in [2.45, 2.75) is 32.0 Å². The fourth-order valence-corrected chi connectivity index (χ4v) is 3.02. The number of hydrogen-bond donors (Lipinski definition) is 2. The number of halogens is 3. The van der Waals surface area contributed by atoms with E-state index in [4.69, 9.17) is 4.74 Å². The van der Waals surface area contributed by atoms with Gasteiger partial charge in [0.1, 0.15) is 5.75 Å². The average Bonchev–Trinajstić information content (AvgIpc) is 2.64. The van der Waals surface area contributed by atoms with Crippen LogP contribution in [-0.4, -0.2) is 51.2 Å². The first kappa shape index (κ1) is 20.4. The zero-order valence-corrected chi connectivity index (χ0v) is 15.3. The number of piperidine rings is 1. The van der Waals surface area contributed by atoms with Gasteiger partial charge in [-0.25, -0.2) is 0 Å². The Hall–Kier alpha value is -1.96. The molecule has 0 spiro atoms. The molecule has 1 aliphatic rings. The van der Waals surface area contributed by atoms with Crippen LogP contribution in [0, 0.1) is 0 Å². The Balaban J connectivity index is 1.89. The van der Waals surface area contributed by atoms with E-state index in [0.29, 0.717) is 12.5 Å². The van der Waals surface area contributed by atoms with Crippen LogP contribution >= 0.6 is 0 Å². The van der Waals surface area contributed by atoms with E-state index in [2.05, 4.69) is 20.5 Å². The molecule has 0 amide bonds. The highest BCUT2D eigenvalue weighted by molar-refractivity contribution is 5.79. The molecule has 5 nitrogen and oxygen atoms in total. The first-order valence-electron chi connectivity index (χ1n) is 8.85. The number of methoxy groups -OCH3 is 1. The summed E-state index contributed by atoms with van der Waals surface area (Å²) in [6.07, 6.45) is -0.692. The zero-order chi connectivity index (χ0) is 19.0. The lowest BCUT2D eigenvalue weighted by Crippen LogP contribution is -2.42. The van der Waals surface area contributed by atoms with Gasteiger partial charge >= 0.3 is 6.18 Å². The number of rotatable bonds is 6. The number of guanidine groups is 1. The molecule has 1 heterocycles. The first-order valence-corrected chi connectivity index (χ1v) is 8.85. The summed E-state index contributed by atoms with van der Waals surface area (Å²) in [5.41, 5.74) is -0.551. The minimum absolute atomic E-state index is 0.0300. The molecular weight excluding hydrogens is 345 g/mol. The van der Waals surface area contributed by atoms with Crippen molar-refractivity contribution in [1.82, 2.24) is 15.5 Å². The summed E-state index contributed by atoms with van der Waals surface area (Å²) in [6, 6.07) is 3.97. The number of hydrogen-bond acceptors (Lipinski definition) is 3. The zero-order valence-electron chi connectivity index (χ0n) is 15.3. The summed E-state index contributed by atoms with van der Waals surface area (Å²) in [4.78, 5) is 6.47. The van der Waals surface area contributed by atoms with Crippen LogP contribution in [0.15, 0.2) is 23.2 Å². The molecule has 1 fully saturated rings. The summed E-state index contributed by atoms with van der Waals surface area (Å²) < 4.78 is 44.6. The summed E-state index contributed by atoms with van der Waals surface area (Å²) in [5, 5.41) is 6.11. The smallest absolute Gasteiger partial charge is 0.416 e. The van der Waals surface area contributed by atoms with Crippen LogP contribution in [0.1, 0.15) is 30.4 Å². The molecule has 0 unspecified atom stereocenters. The van der Waals surface area contributed by atoms with Crippen LogP contribution in [0.4, 0.5) is 13.2 Å². The van der Waals surface area contributed by atoms with E-state index in [-0.39, 0.29) is 17.9 Å². The van der Waals surface area contributed by atoms with Crippen molar-refractivity contribution in [2.24, 2.45) is 4.99 Å². The molecule has 1 aromatic carbocycles. The fraction of sp³-hybridized carbons (Fsp3) is 0.611. The van der Waals surface area contributed by atoms with Gasteiger partial charge in [0, 0.05) is 26.7 Å². The van der Waals surface area contributed by atoms with E-state index in [1.165, 1.54) is 38.5 Å². The van der Waals surface area contributed by atoms with Crippen molar-refractivity contribution in [3.8, 4) is 5.75 Å². The van der Waals surface area contributed by atoms with E-state index >= 15 is 0 Å². The van der Waals surface area contributed by atoms with E-state index in [9.17, 15) is 13.2 Å². The van der Waals surface area contributed by atoms with Gasteiger partial charge in [0.15, 0.2) is 5.96 Å². The van der Waals surface area contributed by atoms with E-state index < -0.39 is 11.7 Å². The van der Waals surface area contributed by atoms with Crippen molar-refractivity contribution >= 4 is 5.96 Å². The molecular formula is C18H27F3N4O. The molecule has 0 saturated carbocycles. The average molecular weight is 372 g/mol. The van der Waals surface area contributed by atoms with Crippen LogP contribution in [-0.2, 0) is 12.7 Å². The van der Waals surface area contributed by atoms with Crippen LogP contribution in [0.5, 0.6) is 5.75 Å². The minimum atomic E-state index is -4.43. The molecule has 2 rings (SSSR count). The lowest BCUT2D eigenvalue weighted by molar-refractivity contribution is -0.138. The Labute approximate surface area is 152 Å². The highest BCUT2D eigenvalue weighted by Crippen LogP contribution is 2.34. The Morgan fingerprint density at radius 2 is 1.92 bits per heavy atom. The van der Waals surface area contributed by atoms with Gasteiger partial charge in [-0.3, -0.25) is 4.99 Å². The molecule has 26 heavy (non-hydrogen) atoms. The molecule has 2 N–H and O–H groups in total. The predicted octanol–water partition coefficient (Wildman–Crippen LogP) is 2.86. The second-order valence-electron chi connectivity index (χ2n) is 6.28. The molecule has 0 aromatic heterocycles. The maximum Gasteiger partial charge on any atom is 0.416 e. The molecule has 0 radical (unpaired) electrons. The molecule has 0 atom stereocenters. The molecule has 8 heteroatoms. The summed E-state index contributed by atoms with van der Waals surface area (Å²) in [5.74, 6) is 0.677. The van der Waals surface area contributed by atoms with Gasteiger partial charge in [-0.15, -0.1) is 0 Å². The lowest BCUT2D eigenvalue weighted by Gasteiger charge is -2.26. The number of aliphatic imine (C=N–C) groups is 1. The van der Waals surface area contributed by atoms with Gasteiger partial charge in [0.2, 0.25) is 0 Å². The summed E-state index contributed by atoms with van der Waals surface area (Å²) in [7, 11) is 2.95. The van der Waals surface area contributed by atoms with Crippen molar-refractivity contribution in [1.29, 1.82) is 0 Å². The molecule has 146 valence electrons. The highest BCUT2D eigenvalue weighted by Gasteiger charge is 2.33. The quantitative estimate of drug-likeness (QED) is 0.596. The Morgan fingerprint density at radius 3 is 2.54 bits per heavy atom. The van der Waals surface area contributed by atoms with Crippen molar-refractivity contribution in [3.63, 3.8) is 0 Å². The van der Waals surface area contributed by atoms with Crippen molar-refractivity contribution < 1.29 is 17.9 Å². The molecule has 1 aromatic rings. The number of ether oxygens (including phenoxy) is 1. The monoisotopic (exact) mass is 372 g/mol. The van der Waals surface area contributed by atoms with Gasteiger partial charge in [0.05, 0.1) is 12.7 Å². The van der Waals surface area contributed by atoms with Crippen LogP contribution in [0.3, 0.4) is 0 Å². The highest BCUT2D eigenvalue weighted by atomic mass is 19.4. The van der Waals surface area contributed by atoms with E-state index in [0.717, 1.165) is 25.7 Å². The third kappa shape index (κ3) is 6.09.